The monoisotopic (exact) mass is 517 g/mol. The molecule has 6 heteroatoms. The number of carboxylic acids is 1. The summed E-state index contributed by atoms with van der Waals surface area (Å²) in [5, 5.41) is 14.8. The summed E-state index contributed by atoms with van der Waals surface area (Å²) < 4.78 is 0. The van der Waals surface area contributed by atoms with Gasteiger partial charge in [-0.05, 0) is 82.5 Å². The first-order valence-corrected chi connectivity index (χ1v) is 13.7. The molecule has 2 N–H and O–H groups in total. The van der Waals surface area contributed by atoms with E-state index in [0.29, 0.717) is 17.7 Å². The van der Waals surface area contributed by atoms with Crippen LogP contribution in [0.2, 0.25) is 0 Å². The van der Waals surface area contributed by atoms with Gasteiger partial charge in [-0.15, -0.1) is 0 Å². The number of carbonyl (C=O) groups excluding carboxylic acids is 1. The Hall–Kier alpha value is -3.23. The Morgan fingerprint density at radius 3 is 2.39 bits per heavy atom. The van der Waals surface area contributed by atoms with Gasteiger partial charge in [-0.2, -0.15) is 11.8 Å². The average Bonchev–Trinajstić information content (AvgIpc) is 2.91. The normalized spacial score (nSPS) is 11.7. The molecule has 1 atom stereocenters. The Balaban J connectivity index is 0.00000400. The van der Waals surface area contributed by atoms with Crippen LogP contribution < -0.4 is 5.32 Å². The zero-order valence-electron chi connectivity index (χ0n) is 21.1. The third-order valence-corrected chi connectivity index (χ3v) is 7.06. The van der Waals surface area contributed by atoms with E-state index >= 15 is 0 Å². The first kappa shape index (κ1) is 29.3. The van der Waals surface area contributed by atoms with Gasteiger partial charge >= 0.3 is 24.8 Å². The number of rotatable bonds is 10. The number of carbonyl (C=O) groups is 2. The second-order valence-corrected chi connectivity index (χ2v) is 10.0. The molecule has 0 bridgehead atoms. The third-order valence-electron chi connectivity index (χ3n) is 6.42. The molecule has 1 unspecified atom stereocenters. The maximum atomic E-state index is 13.2. The van der Waals surface area contributed by atoms with Crippen LogP contribution in [0.3, 0.4) is 0 Å². The molecule has 4 rings (SSSR count). The number of aryl methyl sites for hydroxylation is 1. The van der Waals surface area contributed by atoms with E-state index in [0.717, 1.165) is 28.7 Å². The number of allylic oxidation sites excluding steroid dienone is 1. The van der Waals surface area contributed by atoms with Gasteiger partial charge in [-0.25, -0.2) is 4.79 Å². The van der Waals surface area contributed by atoms with Crippen LogP contribution in [0.1, 0.15) is 33.5 Å². The van der Waals surface area contributed by atoms with Crippen molar-refractivity contribution >= 4 is 59.3 Å². The fourth-order valence-corrected chi connectivity index (χ4v) is 4.86. The quantitative estimate of drug-likeness (QED) is 0.240. The standard InChI is InChI=1S/C32H31NO3S.Li.H/c1-22-8-3-6-13-27(22)29-21-24(10-7-9-23-14-16-25-11-4-5-12-26(25)20-23)15-17-28(29)31(34)33-30(32(35)36)18-19-37-2;;/h3-8,10-17,20-21,30H,9,18-19H2,1-2H3,(H,33,34)(H,35,36);;. The van der Waals surface area contributed by atoms with E-state index in [1.807, 2.05) is 61.7 Å². The van der Waals surface area contributed by atoms with Crippen molar-refractivity contribution in [2.45, 2.75) is 25.8 Å². The number of nitrogens with one attached hydrogen (secondary N) is 1. The minimum absolute atomic E-state index is 0. The molecule has 1 amide bonds. The van der Waals surface area contributed by atoms with Gasteiger partial charge in [0.05, 0.1) is 0 Å². The van der Waals surface area contributed by atoms with Crippen molar-refractivity contribution in [1.82, 2.24) is 5.32 Å². The second-order valence-electron chi connectivity index (χ2n) is 9.05. The number of hydrogen-bond donors (Lipinski definition) is 2. The van der Waals surface area contributed by atoms with E-state index in [9.17, 15) is 14.7 Å². The molecule has 0 aromatic heterocycles. The first-order chi connectivity index (χ1) is 18.0. The average molecular weight is 518 g/mol. The predicted molar refractivity (Wildman–Crippen MR) is 162 cm³/mol. The van der Waals surface area contributed by atoms with Gasteiger partial charge in [0.2, 0.25) is 0 Å². The van der Waals surface area contributed by atoms with Crippen LogP contribution in [0.4, 0.5) is 0 Å². The Kier molecular flexibility index (Phi) is 10.9. The van der Waals surface area contributed by atoms with Crippen LogP contribution in [0.5, 0.6) is 0 Å². The van der Waals surface area contributed by atoms with Gasteiger partial charge in [0.1, 0.15) is 6.04 Å². The molecular formula is C32H32LiNO3S. The number of aliphatic carboxylic acids is 1. The molecule has 4 nitrogen and oxygen atoms in total. The maximum absolute atomic E-state index is 13.2. The van der Waals surface area contributed by atoms with Gasteiger partial charge in [0.15, 0.2) is 0 Å². The van der Waals surface area contributed by atoms with Gasteiger partial charge in [-0.1, -0.05) is 84.9 Å². The van der Waals surface area contributed by atoms with Crippen LogP contribution in [-0.4, -0.2) is 53.9 Å². The predicted octanol–water partition coefficient (Wildman–Crippen LogP) is 6.36. The van der Waals surface area contributed by atoms with E-state index < -0.39 is 12.0 Å². The minimum atomic E-state index is -1.02. The number of amides is 1. The van der Waals surface area contributed by atoms with E-state index in [1.54, 1.807) is 17.8 Å². The van der Waals surface area contributed by atoms with Crippen molar-refractivity contribution in [3.8, 4) is 11.1 Å². The number of hydrogen-bond acceptors (Lipinski definition) is 3. The zero-order valence-corrected chi connectivity index (χ0v) is 21.9. The molecule has 0 radical (unpaired) electrons. The van der Waals surface area contributed by atoms with Gasteiger partial charge < -0.3 is 10.4 Å². The topological polar surface area (TPSA) is 66.4 Å². The number of carboxylic acid groups (broad SMARTS) is 1. The summed E-state index contributed by atoms with van der Waals surface area (Å²) in [6.07, 6.45) is 7.28. The second kappa shape index (κ2) is 14.1. The molecule has 0 aliphatic carbocycles. The Labute approximate surface area is 240 Å². The Morgan fingerprint density at radius 2 is 1.66 bits per heavy atom. The summed E-state index contributed by atoms with van der Waals surface area (Å²) in [4.78, 5) is 25.0. The molecule has 190 valence electrons. The first-order valence-electron chi connectivity index (χ1n) is 12.3. The van der Waals surface area contributed by atoms with E-state index in [1.165, 1.54) is 16.3 Å². The van der Waals surface area contributed by atoms with Crippen molar-refractivity contribution in [1.29, 1.82) is 0 Å². The third kappa shape index (κ3) is 7.42. The number of fused-ring (bicyclic) bond motifs is 1. The molecular weight excluding hydrogens is 485 g/mol. The summed E-state index contributed by atoms with van der Waals surface area (Å²) in [6, 6.07) is 27.5. The van der Waals surface area contributed by atoms with Crippen molar-refractivity contribution < 1.29 is 14.7 Å². The summed E-state index contributed by atoms with van der Waals surface area (Å²) in [6.45, 7) is 2.01. The van der Waals surface area contributed by atoms with Crippen LogP contribution >= 0.6 is 11.8 Å². The molecule has 4 aromatic rings. The van der Waals surface area contributed by atoms with E-state index in [2.05, 4.69) is 47.8 Å². The summed E-state index contributed by atoms with van der Waals surface area (Å²) in [5.74, 6) is -0.741. The number of benzene rings is 4. The molecule has 38 heavy (non-hydrogen) atoms. The van der Waals surface area contributed by atoms with Crippen molar-refractivity contribution in [2.75, 3.05) is 12.0 Å². The van der Waals surface area contributed by atoms with Crippen LogP contribution in [0.15, 0.2) is 91.0 Å². The zero-order chi connectivity index (χ0) is 26.2. The van der Waals surface area contributed by atoms with Crippen molar-refractivity contribution in [2.24, 2.45) is 0 Å². The SMILES string of the molecule is CSCCC(NC(=O)c1ccc(C=CCc2ccc3ccccc3c2)cc1-c1ccccc1C)C(=O)O.[LiH]. The Morgan fingerprint density at radius 1 is 0.921 bits per heavy atom. The van der Waals surface area contributed by atoms with Crippen LogP contribution in [-0.2, 0) is 11.2 Å². The summed E-state index contributed by atoms with van der Waals surface area (Å²) in [7, 11) is 0. The molecule has 0 saturated heterocycles. The number of thioether (sulfide) groups is 1. The molecule has 0 spiro atoms. The van der Waals surface area contributed by atoms with Gasteiger partial charge in [-0.3, -0.25) is 4.79 Å². The molecule has 0 heterocycles. The molecule has 0 aliphatic rings. The van der Waals surface area contributed by atoms with Gasteiger partial charge in [0, 0.05) is 5.56 Å². The molecule has 0 fully saturated rings. The molecule has 0 saturated carbocycles. The van der Waals surface area contributed by atoms with Crippen molar-refractivity contribution in [3.63, 3.8) is 0 Å². The molecule has 0 aliphatic heterocycles. The van der Waals surface area contributed by atoms with Gasteiger partial charge in [0.25, 0.3) is 5.91 Å². The Bertz CT molecular complexity index is 1450. The molecule has 4 aromatic carbocycles. The van der Waals surface area contributed by atoms with Crippen LogP contribution in [0, 0.1) is 6.92 Å². The van der Waals surface area contributed by atoms with E-state index in [4.69, 9.17) is 0 Å². The summed E-state index contributed by atoms with van der Waals surface area (Å²) >= 11 is 1.56. The van der Waals surface area contributed by atoms with E-state index in [-0.39, 0.29) is 24.8 Å². The van der Waals surface area contributed by atoms with Crippen LogP contribution in [0.25, 0.3) is 28.0 Å². The fraction of sp³-hybridized carbons (Fsp3) is 0.188. The fourth-order valence-electron chi connectivity index (χ4n) is 4.39. The van der Waals surface area contributed by atoms with Crippen molar-refractivity contribution in [3.05, 3.63) is 113 Å². The summed E-state index contributed by atoms with van der Waals surface area (Å²) in [5.41, 5.74) is 5.47.